The third-order valence-corrected chi connectivity index (χ3v) is 4.64. The third kappa shape index (κ3) is 5.42. The molecule has 0 saturated carbocycles. The van der Waals surface area contributed by atoms with Crippen LogP contribution in [0.4, 0.5) is 0 Å². The van der Waals surface area contributed by atoms with Crippen molar-refractivity contribution in [3.8, 4) is 0 Å². The van der Waals surface area contributed by atoms with E-state index in [1.54, 1.807) is 11.3 Å². The van der Waals surface area contributed by atoms with Gasteiger partial charge in [0.2, 0.25) is 0 Å². The van der Waals surface area contributed by atoms with Gasteiger partial charge in [-0.3, -0.25) is 0 Å². The molecule has 6 heteroatoms. The van der Waals surface area contributed by atoms with Crippen LogP contribution in [0, 0.1) is 0 Å². The smallest absolute Gasteiger partial charge is 0.191 e. The van der Waals surface area contributed by atoms with Gasteiger partial charge in [-0.25, -0.2) is 9.98 Å². The summed E-state index contributed by atoms with van der Waals surface area (Å²) in [6.45, 7) is 6.40. The first kappa shape index (κ1) is 17.0. The molecule has 2 N–H and O–H groups in total. The highest BCUT2D eigenvalue weighted by Crippen LogP contribution is 2.13. The number of hydrogen-bond acceptors (Lipinski definition) is 3. The molecule has 0 spiro atoms. The van der Waals surface area contributed by atoms with Gasteiger partial charge in [-0.2, -0.15) is 0 Å². The van der Waals surface area contributed by atoms with E-state index in [2.05, 4.69) is 62.5 Å². The first-order valence-electron chi connectivity index (χ1n) is 7.41. The number of aryl methyl sites for hydroxylation is 1. The second-order valence-corrected chi connectivity index (χ2v) is 6.87. The normalized spacial score (nSPS) is 11.5. The third-order valence-electron chi connectivity index (χ3n) is 3.01. The van der Waals surface area contributed by atoms with E-state index < -0.39 is 0 Å². The minimum Gasteiger partial charge on any atom is -0.357 e. The largest absolute Gasteiger partial charge is 0.357 e. The van der Waals surface area contributed by atoms with Gasteiger partial charge < -0.3 is 10.6 Å². The average Bonchev–Trinajstić information content (AvgIpc) is 2.98. The number of aromatic nitrogens is 1. The van der Waals surface area contributed by atoms with Crippen LogP contribution in [0.3, 0.4) is 0 Å². The Kier molecular flexibility index (Phi) is 6.86. The average molecular weight is 381 g/mol. The van der Waals surface area contributed by atoms with Gasteiger partial charge in [0, 0.05) is 22.1 Å². The summed E-state index contributed by atoms with van der Waals surface area (Å²) in [6.07, 6.45) is 2.99. The van der Waals surface area contributed by atoms with Crippen LogP contribution in [-0.4, -0.2) is 17.5 Å². The topological polar surface area (TPSA) is 49.3 Å². The number of halogens is 1. The lowest BCUT2D eigenvalue weighted by Gasteiger charge is -2.10. The molecule has 0 atom stereocenters. The fourth-order valence-electron chi connectivity index (χ4n) is 1.90. The SMILES string of the molecule is CCNC(=NCc1cccc(Br)c1)NCc1ncc(CC)s1. The van der Waals surface area contributed by atoms with Crippen molar-refractivity contribution in [2.24, 2.45) is 4.99 Å². The maximum Gasteiger partial charge on any atom is 0.191 e. The van der Waals surface area contributed by atoms with Crippen molar-refractivity contribution in [2.45, 2.75) is 33.4 Å². The lowest BCUT2D eigenvalue weighted by atomic mass is 10.2. The lowest BCUT2D eigenvalue weighted by molar-refractivity contribution is 0.811. The molecule has 0 saturated heterocycles. The number of guanidine groups is 1. The van der Waals surface area contributed by atoms with Crippen LogP contribution < -0.4 is 10.6 Å². The summed E-state index contributed by atoms with van der Waals surface area (Å²) >= 11 is 5.23. The fraction of sp³-hybridized carbons (Fsp3) is 0.375. The molecular weight excluding hydrogens is 360 g/mol. The minimum atomic E-state index is 0.646. The van der Waals surface area contributed by atoms with Gasteiger partial charge in [0.25, 0.3) is 0 Å². The summed E-state index contributed by atoms with van der Waals surface area (Å²) in [6, 6.07) is 8.20. The van der Waals surface area contributed by atoms with E-state index in [0.717, 1.165) is 28.4 Å². The molecular formula is C16H21BrN4S. The second kappa shape index (κ2) is 8.90. The Labute approximate surface area is 144 Å². The van der Waals surface area contributed by atoms with Crippen LogP contribution in [0.1, 0.15) is 29.3 Å². The molecule has 2 aromatic rings. The number of nitrogens with zero attached hydrogens (tertiary/aromatic N) is 2. The molecule has 4 nitrogen and oxygen atoms in total. The molecule has 1 aromatic heterocycles. The predicted octanol–water partition coefficient (Wildman–Crippen LogP) is 3.72. The van der Waals surface area contributed by atoms with Gasteiger partial charge in [-0.1, -0.05) is 35.0 Å². The molecule has 0 aliphatic carbocycles. The van der Waals surface area contributed by atoms with Crippen molar-refractivity contribution in [3.05, 3.63) is 50.4 Å². The molecule has 22 heavy (non-hydrogen) atoms. The molecule has 2 rings (SSSR count). The van der Waals surface area contributed by atoms with Gasteiger partial charge in [-0.15, -0.1) is 11.3 Å². The molecule has 0 unspecified atom stereocenters. The highest BCUT2D eigenvalue weighted by molar-refractivity contribution is 9.10. The highest BCUT2D eigenvalue weighted by Gasteiger charge is 2.03. The number of rotatable bonds is 6. The Morgan fingerprint density at radius 1 is 1.32 bits per heavy atom. The first-order chi connectivity index (χ1) is 10.7. The summed E-state index contributed by atoms with van der Waals surface area (Å²) in [7, 11) is 0. The fourth-order valence-corrected chi connectivity index (χ4v) is 3.15. The maximum atomic E-state index is 4.62. The number of benzene rings is 1. The standard InChI is InChI=1S/C16H21BrN4S/c1-3-14-10-19-15(22-14)11-21-16(18-4-2)20-9-12-6-5-7-13(17)8-12/h5-8,10H,3-4,9,11H2,1-2H3,(H2,18,20,21). The number of nitrogens with one attached hydrogen (secondary N) is 2. The summed E-state index contributed by atoms with van der Waals surface area (Å²) in [4.78, 5) is 10.3. The number of hydrogen-bond donors (Lipinski definition) is 2. The lowest BCUT2D eigenvalue weighted by Crippen LogP contribution is -2.36. The Hall–Kier alpha value is -1.40. The summed E-state index contributed by atoms with van der Waals surface area (Å²) in [5.41, 5.74) is 1.18. The van der Waals surface area contributed by atoms with Crippen molar-refractivity contribution in [1.82, 2.24) is 15.6 Å². The molecule has 0 radical (unpaired) electrons. The predicted molar refractivity (Wildman–Crippen MR) is 97.3 cm³/mol. The highest BCUT2D eigenvalue weighted by atomic mass is 79.9. The minimum absolute atomic E-state index is 0.646. The molecule has 0 aliphatic heterocycles. The molecule has 0 aliphatic rings. The van der Waals surface area contributed by atoms with Crippen molar-refractivity contribution >= 4 is 33.2 Å². The van der Waals surface area contributed by atoms with Crippen LogP contribution in [0.25, 0.3) is 0 Å². The summed E-state index contributed by atoms with van der Waals surface area (Å²) in [5, 5.41) is 7.68. The van der Waals surface area contributed by atoms with Gasteiger partial charge in [-0.05, 0) is 31.0 Å². The van der Waals surface area contributed by atoms with Crippen molar-refractivity contribution in [3.63, 3.8) is 0 Å². The van der Waals surface area contributed by atoms with E-state index in [1.165, 1.54) is 10.4 Å². The van der Waals surface area contributed by atoms with E-state index in [4.69, 9.17) is 0 Å². The maximum absolute atomic E-state index is 4.62. The molecule has 0 bridgehead atoms. The summed E-state index contributed by atoms with van der Waals surface area (Å²) in [5.74, 6) is 0.815. The van der Waals surface area contributed by atoms with Crippen LogP contribution in [0.15, 0.2) is 39.9 Å². The Morgan fingerprint density at radius 3 is 2.86 bits per heavy atom. The van der Waals surface area contributed by atoms with Crippen LogP contribution in [0.5, 0.6) is 0 Å². The van der Waals surface area contributed by atoms with Crippen molar-refractivity contribution in [2.75, 3.05) is 6.54 Å². The molecule has 1 aromatic carbocycles. The van der Waals surface area contributed by atoms with Gasteiger partial charge in [0.1, 0.15) is 5.01 Å². The van der Waals surface area contributed by atoms with Gasteiger partial charge in [0.15, 0.2) is 5.96 Å². The molecule has 1 heterocycles. The summed E-state index contributed by atoms with van der Waals surface area (Å²) < 4.78 is 1.08. The van der Waals surface area contributed by atoms with Crippen LogP contribution >= 0.6 is 27.3 Å². The zero-order chi connectivity index (χ0) is 15.8. The second-order valence-electron chi connectivity index (χ2n) is 4.75. The Morgan fingerprint density at radius 2 is 2.18 bits per heavy atom. The van der Waals surface area contributed by atoms with E-state index in [9.17, 15) is 0 Å². The van der Waals surface area contributed by atoms with Gasteiger partial charge in [0.05, 0.1) is 13.1 Å². The zero-order valence-electron chi connectivity index (χ0n) is 12.9. The first-order valence-corrected chi connectivity index (χ1v) is 9.02. The zero-order valence-corrected chi connectivity index (χ0v) is 15.3. The van der Waals surface area contributed by atoms with E-state index >= 15 is 0 Å². The van der Waals surface area contributed by atoms with Crippen LogP contribution in [0.2, 0.25) is 0 Å². The molecule has 118 valence electrons. The monoisotopic (exact) mass is 380 g/mol. The van der Waals surface area contributed by atoms with Gasteiger partial charge >= 0.3 is 0 Å². The van der Waals surface area contributed by atoms with Crippen molar-refractivity contribution < 1.29 is 0 Å². The number of aliphatic imine (C=N–C) groups is 1. The molecule has 0 amide bonds. The molecule has 0 fully saturated rings. The van der Waals surface area contributed by atoms with E-state index in [-0.39, 0.29) is 0 Å². The van der Waals surface area contributed by atoms with Crippen molar-refractivity contribution in [1.29, 1.82) is 0 Å². The Balaban J connectivity index is 1.94. The Bertz CT molecular complexity index is 624. The van der Waals surface area contributed by atoms with E-state index in [1.807, 2.05) is 18.3 Å². The number of thiazole rings is 1. The van der Waals surface area contributed by atoms with E-state index in [0.29, 0.717) is 13.1 Å². The quantitative estimate of drug-likeness (QED) is 0.592. The van der Waals surface area contributed by atoms with Crippen LogP contribution in [-0.2, 0) is 19.5 Å².